The third-order valence-corrected chi connectivity index (χ3v) is 7.92. The van der Waals surface area contributed by atoms with Crippen molar-refractivity contribution in [1.29, 1.82) is 0 Å². The van der Waals surface area contributed by atoms with E-state index in [0.29, 0.717) is 20.0 Å². The van der Waals surface area contributed by atoms with E-state index in [-0.39, 0.29) is 0 Å². The van der Waals surface area contributed by atoms with Gasteiger partial charge in [0.25, 0.3) is 0 Å². The standard InChI is InChI=1S/C32H31F3N2O2/c1-22-3-8-28(9-4-22)36-18-25-16-23(5-12-30(25)38-20-36)15-24-13-14-31(2)27(17-24)19-37(21-39-31)29-10-6-26(7-11-29)32(33,34)35/h3-13,16-17H,14-15,18-21H2,1-2H3/t31-/m1/s1. The van der Waals surface area contributed by atoms with Gasteiger partial charge in [-0.15, -0.1) is 0 Å². The Balaban J connectivity index is 1.17. The van der Waals surface area contributed by atoms with Gasteiger partial charge in [-0.05, 0) is 91.9 Å². The van der Waals surface area contributed by atoms with E-state index < -0.39 is 17.3 Å². The summed E-state index contributed by atoms with van der Waals surface area (Å²) in [6, 6.07) is 20.2. The van der Waals surface area contributed by atoms with Gasteiger partial charge in [0, 0.05) is 30.0 Å². The van der Waals surface area contributed by atoms with Gasteiger partial charge in [-0.2, -0.15) is 13.2 Å². The number of benzene rings is 3. The van der Waals surface area contributed by atoms with Crippen LogP contribution in [0, 0.1) is 6.92 Å². The molecule has 0 N–H and O–H groups in total. The van der Waals surface area contributed by atoms with Gasteiger partial charge in [-0.1, -0.05) is 35.9 Å². The van der Waals surface area contributed by atoms with Crippen LogP contribution in [0.1, 0.15) is 35.6 Å². The number of aryl methyl sites for hydroxylation is 1. The van der Waals surface area contributed by atoms with Gasteiger partial charge in [0.2, 0.25) is 0 Å². The summed E-state index contributed by atoms with van der Waals surface area (Å²) in [5, 5.41) is 0. The first kappa shape index (κ1) is 25.6. The van der Waals surface area contributed by atoms with Gasteiger partial charge in [-0.3, -0.25) is 0 Å². The smallest absolute Gasteiger partial charge is 0.416 e. The Kier molecular flexibility index (Phi) is 6.42. The van der Waals surface area contributed by atoms with E-state index in [0.717, 1.165) is 54.2 Å². The Morgan fingerprint density at radius 1 is 0.872 bits per heavy atom. The summed E-state index contributed by atoms with van der Waals surface area (Å²) in [5.74, 6) is 0.929. The van der Waals surface area contributed by atoms with Gasteiger partial charge in [0.15, 0.2) is 6.73 Å². The monoisotopic (exact) mass is 532 g/mol. The number of hydrogen-bond donors (Lipinski definition) is 0. The number of rotatable bonds is 4. The van der Waals surface area contributed by atoms with E-state index in [2.05, 4.69) is 73.4 Å². The molecule has 0 radical (unpaired) electrons. The highest BCUT2D eigenvalue weighted by Gasteiger charge is 2.37. The van der Waals surface area contributed by atoms with Crippen LogP contribution >= 0.6 is 0 Å². The zero-order valence-corrected chi connectivity index (χ0v) is 22.1. The van der Waals surface area contributed by atoms with Crippen molar-refractivity contribution in [2.75, 3.05) is 29.8 Å². The van der Waals surface area contributed by atoms with Gasteiger partial charge < -0.3 is 19.3 Å². The van der Waals surface area contributed by atoms with Gasteiger partial charge in [0.1, 0.15) is 12.5 Å². The van der Waals surface area contributed by atoms with Crippen LogP contribution < -0.4 is 14.5 Å². The lowest BCUT2D eigenvalue weighted by Crippen LogP contribution is -2.47. The summed E-state index contributed by atoms with van der Waals surface area (Å²) < 4.78 is 51.3. The molecule has 3 aliphatic rings. The molecule has 202 valence electrons. The zero-order valence-electron chi connectivity index (χ0n) is 22.1. The van der Waals surface area contributed by atoms with Gasteiger partial charge >= 0.3 is 6.18 Å². The van der Waals surface area contributed by atoms with E-state index in [1.54, 1.807) is 0 Å². The summed E-state index contributed by atoms with van der Waals surface area (Å²) in [4.78, 5) is 4.21. The van der Waals surface area contributed by atoms with Crippen LogP contribution in [0.2, 0.25) is 0 Å². The van der Waals surface area contributed by atoms with Crippen molar-refractivity contribution < 1.29 is 22.6 Å². The molecular weight excluding hydrogens is 501 g/mol. The molecule has 7 heteroatoms. The fraction of sp³-hybridized carbons (Fsp3) is 0.312. The molecule has 0 unspecified atom stereocenters. The molecule has 0 spiro atoms. The van der Waals surface area contributed by atoms with Crippen molar-refractivity contribution >= 4 is 11.4 Å². The van der Waals surface area contributed by atoms with Crippen LogP contribution in [0.3, 0.4) is 0 Å². The minimum atomic E-state index is -4.34. The van der Waals surface area contributed by atoms with E-state index in [9.17, 15) is 13.2 Å². The average molecular weight is 533 g/mol. The Bertz CT molecular complexity index is 1430. The lowest BCUT2D eigenvalue weighted by Gasteiger charge is -2.44. The number of fused-ring (bicyclic) bond motifs is 2. The summed E-state index contributed by atoms with van der Waals surface area (Å²) in [6.45, 7) is 6.45. The second-order valence-corrected chi connectivity index (χ2v) is 10.8. The van der Waals surface area contributed by atoms with Crippen LogP contribution in [0.5, 0.6) is 5.75 Å². The molecule has 6 rings (SSSR count). The number of halogens is 3. The van der Waals surface area contributed by atoms with Crippen molar-refractivity contribution in [2.24, 2.45) is 0 Å². The predicted molar refractivity (Wildman–Crippen MR) is 147 cm³/mol. The van der Waals surface area contributed by atoms with Crippen molar-refractivity contribution in [3.8, 4) is 5.75 Å². The minimum Gasteiger partial charge on any atom is -0.473 e. The molecule has 0 saturated carbocycles. The molecule has 2 heterocycles. The topological polar surface area (TPSA) is 24.9 Å². The first-order valence-corrected chi connectivity index (χ1v) is 13.2. The third kappa shape index (κ3) is 5.28. The summed E-state index contributed by atoms with van der Waals surface area (Å²) in [5.41, 5.74) is 6.79. The van der Waals surface area contributed by atoms with Crippen LogP contribution in [-0.2, 0) is 23.9 Å². The highest BCUT2D eigenvalue weighted by molar-refractivity contribution is 5.53. The molecule has 2 aliphatic heterocycles. The van der Waals surface area contributed by atoms with Gasteiger partial charge in [-0.25, -0.2) is 0 Å². The molecule has 39 heavy (non-hydrogen) atoms. The second kappa shape index (κ2) is 9.79. The normalized spacial score (nSPS) is 20.9. The molecular formula is C32H31F3N2O2. The molecule has 4 nitrogen and oxygen atoms in total. The SMILES string of the molecule is Cc1ccc(N2COc3ccc(CC4=CC[C@@]5(C)OCN(c6ccc(C(F)(F)F)cc6)CC5=C4)cc3C2)cc1. The Morgan fingerprint density at radius 2 is 1.56 bits per heavy atom. The summed E-state index contributed by atoms with van der Waals surface area (Å²) in [6.07, 6.45) is 1.66. The lowest BCUT2D eigenvalue weighted by molar-refractivity contribution is -0.137. The van der Waals surface area contributed by atoms with Crippen LogP contribution in [0.25, 0.3) is 0 Å². The van der Waals surface area contributed by atoms with E-state index in [1.807, 2.05) is 4.90 Å². The van der Waals surface area contributed by atoms with Crippen molar-refractivity contribution in [3.63, 3.8) is 0 Å². The minimum absolute atomic E-state index is 0.338. The molecule has 1 atom stereocenters. The molecule has 1 aliphatic carbocycles. The molecule has 0 aromatic heterocycles. The number of allylic oxidation sites excluding steroid dienone is 2. The second-order valence-electron chi connectivity index (χ2n) is 10.8. The first-order chi connectivity index (χ1) is 18.7. The molecule has 3 aromatic carbocycles. The van der Waals surface area contributed by atoms with E-state index in [1.165, 1.54) is 34.4 Å². The molecule has 3 aromatic rings. The zero-order chi connectivity index (χ0) is 27.2. The maximum absolute atomic E-state index is 13.0. The van der Waals surface area contributed by atoms with Crippen molar-refractivity contribution in [3.05, 3.63) is 112 Å². The number of anilines is 2. The van der Waals surface area contributed by atoms with Crippen LogP contribution in [0.4, 0.5) is 24.5 Å². The maximum atomic E-state index is 13.0. The van der Waals surface area contributed by atoms with Crippen LogP contribution in [0.15, 0.2) is 90.0 Å². The first-order valence-electron chi connectivity index (χ1n) is 13.2. The molecule has 0 bridgehead atoms. The van der Waals surface area contributed by atoms with E-state index in [4.69, 9.17) is 9.47 Å². The van der Waals surface area contributed by atoms with Gasteiger partial charge in [0.05, 0.1) is 11.2 Å². The highest BCUT2D eigenvalue weighted by Crippen LogP contribution is 2.39. The molecule has 1 fully saturated rings. The molecule has 1 saturated heterocycles. The summed E-state index contributed by atoms with van der Waals surface area (Å²) >= 11 is 0. The Labute approximate surface area is 227 Å². The Hall–Kier alpha value is -3.71. The van der Waals surface area contributed by atoms with Crippen molar-refractivity contribution in [2.45, 2.75) is 45.0 Å². The number of ether oxygens (including phenoxy) is 2. The maximum Gasteiger partial charge on any atom is 0.416 e. The number of nitrogens with zero attached hydrogens (tertiary/aromatic N) is 2. The van der Waals surface area contributed by atoms with E-state index >= 15 is 0 Å². The quantitative estimate of drug-likeness (QED) is 0.349. The fourth-order valence-corrected chi connectivity index (χ4v) is 5.44. The Morgan fingerprint density at radius 3 is 2.28 bits per heavy atom. The van der Waals surface area contributed by atoms with Crippen LogP contribution in [-0.4, -0.2) is 25.6 Å². The highest BCUT2D eigenvalue weighted by atomic mass is 19.4. The summed E-state index contributed by atoms with van der Waals surface area (Å²) in [7, 11) is 0. The number of hydrogen-bond acceptors (Lipinski definition) is 4. The third-order valence-electron chi connectivity index (χ3n) is 7.92. The number of alkyl halides is 3. The fourth-order valence-electron chi connectivity index (χ4n) is 5.44. The predicted octanol–water partition coefficient (Wildman–Crippen LogP) is 7.42. The van der Waals surface area contributed by atoms with Crippen molar-refractivity contribution in [1.82, 2.24) is 0 Å². The molecule has 0 amide bonds. The average Bonchev–Trinajstić information content (AvgIpc) is 2.92. The lowest BCUT2D eigenvalue weighted by atomic mass is 9.82. The largest absolute Gasteiger partial charge is 0.473 e.